The van der Waals surface area contributed by atoms with Crippen LogP contribution in [0.1, 0.15) is 11.1 Å². The van der Waals surface area contributed by atoms with Crippen molar-refractivity contribution in [2.45, 2.75) is 19.0 Å². The van der Waals surface area contributed by atoms with Crippen LogP contribution in [0.2, 0.25) is 0 Å². The number of rotatable bonds is 2. The molecule has 0 spiro atoms. The number of methoxy groups -OCH3 is 1. The quantitative estimate of drug-likeness (QED) is 0.875. The van der Waals surface area contributed by atoms with Crippen molar-refractivity contribution in [3.8, 4) is 0 Å². The molecular formula is C11H14BrNO. The highest BCUT2D eigenvalue weighted by Crippen LogP contribution is 2.24. The van der Waals surface area contributed by atoms with Crippen molar-refractivity contribution in [1.29, 1.82) is 0 Å². The summed E-state index contributed by atoms with van der Waals surface area (Å²) in [5, 5.41) is 3.46. The third-order valence-corrected chi connectivity index (χ3v) is 3.36. The second-order valence-electron chi connectivity index (χ2n) is 3.61. The van der Waals surface area contributed by atoms with E-state index in [2.05, 4.69) is 39.4 Å². The zero-order valence-corrected chi connectivity index (χ0v) is 9.80. The second kappa shape index (κ2) is 4.43. The normalized spacial score (nSPS) is 20.6. The minimum atomic E-state index is 0.460. The van der Waals surface area contributed by atoms with E-state index in [1.807, 2.05) is 0 Å². The molecule has 2 nitrogen and oxygen atoms in total. The summed E-state index contributed by atoms with van der Waals surface area (Å²) in [5.74, 6) is 0. The number of hydrogen-bond donors (Lipinski definition) is 1. The summed E-state index contributed by atoms with van der Waals surface area (Å²) in [6, 6.07) is 6.85. The van der Waals surface area contributed by atoms with Gasteiger partial charge in [-0.2, -0.15) is 0 Å². The largest absolute Gasteiger partial charge is 0.383 e. The maximum Gasteiger partial charge on any atom is 0.0619 e. The molecule has 14 heavy (non-hydrogen) atoms. The molecule has 1 aliphatic rings. The summed E-state index contributed by atoms with van der Waals surface area (Å²) in [6.45, 7) is 1.72. The lowest BCUT2D eigenvalue weighted by atomic mass is 9.96. The number of hydrogen-bond acceptors (Lipinski definition) is 2. The number of nitrogens with one attached hydrogen (secondary N) is 1. The molecule has 0 saturated heterocycles. The molecule has 1 heterocycles. The van der Waals surface area contributed by atoms with Gasteiger partial charge in [-0.1, -0.05) is 28.1 Å². The standard InChI is InChI=1S/C11H14BrNO/c1-14-7-9-5-8-3-2-4-11(12)10(8)6-13-9/h2-4,9,13H,5-7H2,1H3. The summed E-state index contributed by atoms with van der Waals surface area (Å²) in [6.07, 6.45) is 1.06. The van der Waals surface area contributed by atoms with Crippen LogP contribution < -0.4 is 5.32 Å². The van der Waals surface area contributed by atoms with E-state index in [4.69, 9.17) is 4.74 Å². The molecule has 0 amide bonds. The van der Waals surface area contributed by atoms with Crippen LogP contribution in [0, 0.1) is 0 Å². The summed E-state index contributed by atoms with van der Waals surface area (Å²) < 4.78 is 6.36. The zero-order chi connectivity index (χ0) is 9.97. The van der Waals surface area contributed by atoms with Gasteiger partial charge >= 0.3 is 0 Å². The first kappa shape index (κ1) is 10.1. The Morgan fingerprint density at radius 3 is 3.21 bits per heavy atom. The lowest BCUT2D eigenvalue weighted by molar-refractivity contribution is 0.162. The van der Waals surface area contributed by atoms with Crippen LogP contribution in [0.15, 0.2) is 22.7 Å². The molecule has 0 fully saturated rings. The lowest BCUT2D eigenvalue weighted by Crippen LogP contribution is -2.38. The first-order valence-electron chi connectivity index (χ1n) is 4.80. The smallest absolute Gasteiger partial charge is 0.0619 e. The van der Waals surface area contributed by atoms with Crippen LogP contribution in [0.25, 0.3) is 0 Å². The topological polar surface area (TPSA) is 21.3 Å². The fourth-order valence-corrected chi connectivity index (χ4v) is 2.44. The second-order valence-corrected chi connectivity index (χ2v) is 4.47. The van der Waals surface area contributed by atoms with E-state index in [1.54, 1.807) is 7.11 Å². The Labute approximate surface area is 92.8 Å². The van der Waals surface area contributed by atoms with E-state index >= 15 is 0 Å². The van der Waals surface area contributed by atoms with Gasteiger partial charge in [0, 0.05) is 24.2 Å². The zero-order valence-electron chi connectivity index (χ0n) is 8.22. The molecule has 1 unspecified atom stereocenters. The van der Waals surface area contributed by atoms with E-state index in [-0.39, 0.29) is 0 Å². The maximum absolute atomic E-state index is 5.15. The van der Waals surface area contributed by atoms with E-state index in [0.717, 1.165) is 19.6 Å². The highest BCUT2D eigenvalue weighted by molar-refractivity contribution is 9.10. The van der Waals surface area contributed by atoms with E-state index < -0.39 is 0 Å². The van der Waals surface area contributed by atoms with Gasteiger partial charge in [-0.25, -0.2) is 0 Å². The van der Waals surface area contributed by atoms with Gasteiger partial charge in [-0.05, 0) is 23.6 Å². The third-order valence-electron chi connectivity index (χ3n) is 2.62. The molecule has 0 aliphatic carbocycles. The molecule has 0 saturated carbocycles. The molecule has 3 heteroatoms. The summed E-state index contributed by atoms with van der Waals surface area (Å²) in [4.78, 5) is 0. The van der Waals surface area contributed by atoms with E-state index in [9.17, 15) is 0 Å². The molecule has 1 atom stereocenters. The third kappa shape index (κ3) is 2.00. The van der Waals surface area contributed by atoms with E-state index in [0.29, 0.717) is 6.04 Å². The van der Waals surface area contributed by atoms with Gasteiger partial charge in [0.25, 0.3) is 0 Å². The molecule has 0 radical (unpaired) electrons. The molecule has 1 aromatic rings. The number of fused-ring (bicyclic) bond motifs is 1. The van der Waals surface area contributed by atoms with Crippen molar-refractivity contribution in [1.82, 2.24) is 5.32 Å². The van der Waals surface area contributed by atoms with Gasteiger partial charge in [0.1, 0.15) is 0 Å². The maximum atomic E-state index is 5.15. The molecule has 2 rings (SSSR count). The van der Waals surface area contributed by atoms with Gasteiger partial charge < -0.3 is 10.1 Å². The van der Waals surface area contributed by atoms with Crippen LogP contribution >= 0.6 is 15.9 Å². The predicted octanol–water partition coefficient (Wildman–Crippen LogP) is 2.11. The van der Waals surface area contributed by atoms with Crippen molar-refractivity contribution < 1.29 is 4.74 Å². The van der Waals surface area contributed by atoms with Crippen molar-refractivity contribution in [3.05, 3.63) is 33.8 Å². The Hall–Kier alpha value is -0.380. The minimum Gasteiger partial charge on any atom is -0.383 e. The van der Waals surface area contributed by atoms with Crippen molar-refractivity contribution in [2.75, 3.05) is 13.7 Å². The summed E-state index contributed by atoms with van der Waals surface area (Å²) >= 11 is 3.57. The highest BCUT2D eigenvalue weighted by atomic mass is 79.9. The van der Waals surface area contributed by atoms with Gasteiger partial charge in [0.15, 0.2) is 0 Å². The SMILES string of the molecule is COCC1Cc2cccc(Br)c2CN1. The molecule has 76 valence electrons. The van der Waals surface area contributed by atoms with Crippen LogP contribution in [0.5, 0.6) is 0 Å². The van der Waals surface area contributed by atoms with Crippen LogP contribution in [0.3, 0.4) is 0 Å². The van der Waals surface area contributed by atoms with Gasteiger partial charge in [-0.15, -0.1) is 0 Å². The molecule has 0 aromatic heterocycles. The first-order chi connectivity index (χ1) is 6.81. The average Bonchev–Trinajstić information content (AvgIpc) is 2.18. The summed E-state index contributed by atoms with van der Waals surface area (Å²) in [7, 11) is 1.75. The predicted molar refractivity (Wildman–Crippen MR) is 60.3 cm³/mol. The molecular weight excluding hydrogens is 242 g/mol. The fraction of sp³-hybridized carbons (Fsp3) is 0.455. The Balaban J connectivity index is 2.18. The van der Waals surface area contributed by atoms with Crippen molar-refractivity contribution >= 4 is 15.9 Å². The van der Waals surface area contributed by atoms with Crippen LogP contribution in [-0.2, 0) is 17.7 Å². The Bertz CT molecular complexity index is 327. The Kier molecular flexibility index (Phi) is 3.21. The lowest BCUT2D eigenvalue weighted by Gasteiger charge is -2.26. The van der Waals surface area contributed by atoms with Crippen LogP contribution in [0.4, 0.5) is 0 Å². The Morgan fingerprint density at radius 1 is 1.57 bits per heavy atom. The van der Waals surface area contributed by atoms with Gasteiger partial charge in [0.05, 0.1) is 6.61 Å². The van der Waals surface area contributed by atoms with Crippen molar-refractivity contribution in [2.24, 2.45) is 0 Å². The number of benzene rings is 1. The highest BCUT2D eigenvalue weighted by Gasteiger charge is 2.18. The molecule has 1 N–H and O–H groups in total. The first-order valence-corrected chi connectivity index (χ1v) is 5.59. The monoisotopic (exact) mass is 255 g/mol. The van der Waals surface area contributed by atoms with Gasteiger partial charge in [0.2, 0.25) is 0 Å². The molecule has 1 aromatic carbocycles. The number of halogens is 1. The average molecular weight is 256 g/mol. The van der Waals surface area contributed by atoms with E-state index in [1.165, 1.54) is 15.6 Å². The number of ether oxygens (including phenoxy) is 1. The fourth-order valence-electron chi connectivity index (χ4n) is 1.90. The molecule has 0 bridgehead atoms. The minimum absolute atomic E-state index is 0.460. The van der Waals surface area contributed by atoms with Crippen LogP contribution in [-0.4, -0.2) is 19.8 Å². The summed E-state index contributed by atoms with van der Waals surface area (Å²) in [5.41, 5.74) is 2.82. The van der Waals surface area contributed by atoms with Gasteiger partial charge in [-0.3, -0.25) is 0 Å². The molecule has 1 aliphatic heterocycles. The Morgan fingerprint density at radius 2 is 2.43 bits per heavy atom. The van der Waals surface area contributed by atoms with Crippen molar-refractivity contribution in [3.63, 3.8) is 0 Å².